The topological polar surface area (TPSA) is 38.7 Å². The first-order chi connectivity index (χ1) is 19.3. The molecule has 0 aliphatic rings. The van der Waals surface area contributed by atoms with Crippen molar-refractivity contribution in [3.05, 3.63) is 127 Å². The monoisotopic (exact) mass is 515 g/mol. The quantitative estimate of drug-likeness (QED) is 0.235. The van der Waals surface area contributed by atoms with Gasteiger partial charge in [-0.3, -0.25) is 0 Å². The number of para-hydroxylation sites is 2. The Morgan fingerprint density at radius 2 is 1.00 bits per heavy atom. The molecular formula is C35H21N3S. The van der Waals surface area contributed by atoms with Gasteiger partial charge in [0.15, 0.2) is 5.82 Å². The first kappa shape index (κ1) is 22.1. The van der Waals surface area contributed by atoms with Crippen molar-refractivity contribution in [3.63, 3.8) is 0 Å². The molecule has 3 heterocycles. The summed E-state index contributed by atoms with van der Waals surface area (Å²) in [5, 5.41) is 4.82. The molecule has 0 aliphatic heterocycles. The third-order valence-corrected chi connectivity index (χ3v) is 8.46. The van der Waals surface area contributed by atoms with Gasteiger partial charge in [0.2, 0.25) is 0 Å². The van der Waals surface area contributed by atoms with Gasteiger partial charge in [-0.1, -0.05) is 109 Å². The van der Waals surface area contributed by atoms with Crippen LogP contribution < -0.4 is 0 Å². The third-order valence-electron chi connectivity index (χ3n) is 7.28. The lowest BCUT2D eigenvalue weighted by Gasteiger charge is -2.11. The second-order valence-electron chi connectivity index (χ2n) is 9.64. The molecule has 3 aromatic heterocycles. The maximum atomic E-state index is 5.16. The van der Waals surface area contributed by atoms with Crippen LogP contribution in [0.15, 0.2) is 127 Å². The highest BCUT2D eigenvalue weighted by Crippen LogP contribution is 2.43. The van der Waals surface area contributed by atoms with Crippen molar-refractivity contribution in [1.29, 1.82) is 0 Å². The minimum atomic E-state index is 0.733. The number of thiophene rings is 1. The summed E-state index contributed by atoms with van der Waals surface area (Å²) in [5.74, 6) is 0.733. The molecule has 8 rings (SSSR count). The van der Waals surface area contributed by atoms with Crippen molar-refractivity contribution in [1.82, 2.24) is 15.0 Å². The van der Waals surface area contributed by atoms with Crippen LogP contribution in [-0.4, -0.2) is 15.0 Å². The van der Waals surface area contributed by atoms with E-state index in [1.54, 1.807) is 0 Å². The van der Waals surface area contributed by atoms with Crippen LogP contribution in [-0.2, 0) is 0 Å². The van der Waals surface area contributed by atoms with Crippen LogP contribution in [0.1, 0.15) is 0 Å². The smallest absolute Gasteiger partial charge is 0.160 e. The fourth-order valence-electron chi connectivity index (χ4n) is 5.43. The number of rotatable bonds is 3. The SMILES string of the molecule is c1ccc(-c2nc(-c3ccc(-c4nc5ccccc5c5c4sc4ccccc45)cc3)c3ccccc3n2)cc1. The highest BCUT2D eigenvalue weighted by atomic mass is 32.1. The van der Waals surface area contributed by atoms with Crippen LogP contribution in [0.4, 0.5) is 0 Å². The van der Waals surface area contributed by atoms with Gasteiger partial charge in [-0.15, -0.1) is 11.3 Å². The number of pyridine rings is 1. The van der Waals surface area contributed by atoms with Crippen LogP contribution in [0.25, 0.3) is 75.9 Å². The predicted molar refractivity (Wildman–Crippen MR) is 164 cm³/mol. The lowest BCUT2D eigenvalue weighted by molar-refractivity contribution is 1.23. The van der Waals surface area contributed by atoms with Gasteiger partial charge >= 0.3 is 0 Å². The Morgan fingerprint density at radius 3 is 1.77 bits per heavy atom. The molecule has 0 radical (unpaired) electrons. The molecule has 0 atom stereocenters. The highest BCUT2D eigenvalue weighted by molar-refractivity contribution is 7.26. The standard InChI is InChI=1S/C35H21N3S/c1-2-10-24(11-3-1)35-37-29-16-8-5-13-26(29)32(38-35)22-18-20-23(21-19-22)33-34-31(25-12-4-7-15-28(25)36-33)27-14-6-9-17-30(27)39-34/h1-21H. The summed E-state index contributed by atoms with van der Waals surface area (Å²) in [4.78, 5) is 15.1. The normalized spacial score (nSPS) is 11.6. The van der Waals surface area contributed by atoms with Gasteiger partial charge in [-0.2, -0.15) is 0 Å². The minimum absolute atomic E-state index is 0.733. The summed E-state index contributed by atoms with van der Waals surface area (Å²) in [6, 6.07) is 44.2. The van der Waals surface area contributed by atoms with E-state index in [0.717, 1.165) is 50.3 Å². The summed E-state index contributed by atoms with van der Waals surface area (Å²) >= 11 is 1.82. The Balaban J connectivity index is 1.32. The molecule has 0 saturated heterocycles. The summed E-state index contributed by atoms with van der Waals surface area (Å²) in [7, 11) is 0. The van der Waals surface area contributed by atoms with Crippen molar-refractivity contribution < 1.29 is 0 Å². The van der Waals surface area contributed by atoms with E-state index in [2.05, 4.69) is 97.1 Å². The predicted octanol–water partition coefficient (Wildman–Crippen LogP) is 9.55. The molecule has 8 aromatic rings. The lowest BCUT2D eigenvalue weighted by atomic mass is 10.0. The Hall–Kier alpha value is -4.93. The maximum absolute atomic E-state index is 5.16. The molecule has 0 spiro atoms. The molecule has 5 aromatic carbocycles. The average Bonchev–Trinajstić information content (AvgIpc) is 3.41. The van der Waals surface area contributed by atoms with Crippen LogP contribution in [0.5, 0.6) is 0 Å². The Kier molecular flexibility index (Phi) is 5.00. The van der Waals surface area contributed by atoms with Crippen molar-refractivity contribution in [2.45, 2.75) is 0 Å². The third kappa shape index (κ3) is 3.61. The molecule has 182 valence electrons. The zero-order valence-corrected chi connectivity index (χ0v) is 21.7. The summed E-state index contributed by atoms with van der Waals surface area (Å²) < 4.78 is 2.51. The van der Waals surface area contributed by atoms with E-state index < -0.39 is 0 Å². The van der Waals surface area contributed by atoms with E-state index in [1.165, 1.54) is 25.6 Å². The zero-order chi connectivity index (χ0) is 25.8. The number of aromatic nitrogens is 3. The fourth-order valence-corrected chi connectivity index (χ4v) is 6.66. The number of benzene rings is 5. The number of nitrogens with zero attached hydrogens (tertiary/aromatic N) is 3. The first-order valence-corrected chi connectivity index (χ1v) is 13.8. The number of hydrogen-bond acceptors (Lipinski definition) is 4. The van der Waals surface area contributed by atoms with Gasteiger partial charge in [0.05, 0.1) is 27.1 Å². The van der Waals surface area contributed by atoms with E-state index in [-0.39, 0.29) is 0 Å². The summed E-state index contributed by atoms with van der Waals surface area (Å²) in [5.41, 5.74) is 7.08. The molecule has 0 fully saturated rings. The van der Waals surface area contributed by atoms with Crippen molar-refractivity contribution in [2.24, 2.45) is 0 Å². The molecule has 0 amide bonds. The maximum Gasteiger partial charge on any atom is 0.160 e. The van der Waals surface area contributed by atoms with E-state index in [1.807, 2.05) is 41.7 Å². The molecule has 0 saturated carbocycles. The van der Waals surface area contributed by atoms with Crippen LogP contribution in [0.3, 0.4) is 0 Å². The molecule has 0 bridgehead atoms. The largest absolute Gasteiger partial charge is 0.246 e. The highest BCUT2D eigenvalue weighted by Gasteiger charge is 2.17. The van der Waals surface area contributed by atoms with Crippen molar-refractivity contribution >= 4 is 53.3 Å². The zero-order valence-electron chi connectivity index (χ0n) is 20.9. The van der Waals surface area contributed by atoms with E-state index in [0.29, 0.717) is 0 Å². The van der Waals surface area contributed by atoms with E-state index in [9.17, 15) is 0 Å². The summed E-state index contributed by atoms with van der Waals surface area (Å²) in [6.07, 6.45) is 0. The molecule has 39 heavy (non-hydrogen) atoms. The van der Waals surface area contributed by atoms with E-state index in [4.69, 9.17) is 15.0 Å². The fraction of sp³-hybridized carbons (Fsp3) is 0. The minimum Gasteiger partial charge on any atom is -0.246 e. The molecule has 0 unspecified atom stereocenters. The molecular weight excluding hydrogens is 494 g/mol. The van der Waals surface area contributed by atoms with Crippen LogP contribution in [0, 0.1) is 0 Å². The van der Waals surface area contributed by atoms with Gasteiger partial charge in [0.1, 0.15) is 0 Å². The van der Waals surface area contributed by atoms with Crippen LogP contribution in [0.2, 0.25) is 0 Å². The lowest BCUT2D eigenvalue weighted by Crippen LogP contribution is -1.95. The molecule has 0 N–H and O–H groups in total. The second kappa shape index (κ2) is 8.83. The number of hydrogen-bond donors (Lipinski definition) is 0. The average molecular weight is 516 g/mol. The molecule has 0 aliphatic carbocycles. The molecule has 3 nitrogen and oxygen atoms in total. The Labute approximate surface area is 229 Å². The van der Waals surface area contributed by atoms with E-state index >= 15 is 0 Å². The second-order valence-corrected chi connectivity index (χ2v) is 10.7. The number of fused-ring (bicyclic) bond motifs is 6. The van der Waals surface area contributed by atoms with Gasteiger partial charge < -0.3 is 0 Å². The molecule has 4 heteroatoms. The van der Waals surface area contributed by atoms with Gasteiger partial charge in [0.25, 0.3) is 0 Å². The Bertz CT molecular complexity index is 2160. The first-order valence-electron chi connectivity index (χ1n) is 13.0. The van der Waals surface area contributed by atoms with Crippen molar-refractivity contribution in [3.8, 4) is 33.9 Å². The van der Waals surface area contributed by atoms with Gasteiger partial charge in [-0.05, 0) is 18.2 Å². The Morgan fingerprint density at radius 1 is 0.410 bits per heavy atom. The van der Waals surface area contributed by atoms with Gasteiger partial charge in [-0.25, -0.2) is 15.0 Å². The van der Waals surface area contributed by atoms with Crippen molar-refractivity contribution in [2.75, 3.05) is 0 Å². The summed E-state index contributed by atoms with van der Waals surface area (Å²) in [6.45, 7) is 0. The van der Waals surface area contributed by atoms with Crippen LogP contribution >= 0.6 is 11.3 Å². The van der Waals surface area contributed by atoms with Gasteiger partial charge in [0, 0.05) is 42.9 Å².